The molecule has 0 spiro atoms. The van der Waals surface area contributed by atoms with Crippen LogP contribution in [0.5, 0.6) is 5.75 Å². The Labute approximate surface area is 110 Å². The van der Waals surface area contributed by atoms with Crippen LogP contribution in [0.15, 0.2) is 24.3 Å². The molecule has 0 fully saturated rings. The normalized spacial score (nSPS) is 16.8. The summed E-state index contributed by atoms with van der Waals surface area (Å²) in [5.41, 5.74) is 1.59. The van der Waals surface area contributed by atoms with Crippen LogP contribution in [0, 0.1) is 5.41 Å². The summed E-state index contributed by atoms with van der Waals surface area (Å²) < 4.78 is 5.80. The zero-order valence-electron chi connectivity index (χ0n) is 11.7. The molecule has 1 aromatic carbocycles. The van der Waals surface area contributed by atoms with Crippen molar-refractivity contribution in [2.75, 3.05) is 33.3 Å². The third kappa shape index (κ3) is 3.47. The number of ether oxygens (including phenoxy) is 1. The zero-order valence-corrected chi connectivity index (χ0v) is 11.7. The van der Waals surface area contributed by atoms with Crippen LogP contribution in [-0.2, 0) is 6.54 Å². The summed E-state index contributed by atoms with van der Waals surface area (Å²) in [5.74, 6) is 1.05. The number of nitrogens with zero attached hydrogens (tertiary/aromatic N) is 1. The molecule has 0 saturated heterocycles. The van der Waals surface area contributed by atoms with Crippen LogP contribution >= 0.6 is 0 Å². The van der Waals surface area contributed by atoms with Crippen molar-refractivity contribution in [3.8, 4) is 5.75 Å². The molecule has 1 aromatic rings. The van der Waals surface area contributed by atoms with Crippen molar-refractivity contribution in [2.24, 2.45) is 5.41 Å². The minimum Gasteiger partial charge on any atom is -0.492 e. The Hall–Kier alpha value is -1.06. The Kier molecular flexibility index (Phi) is 4.25. The molecule has 3 nitrogen and oxygen atoms in total. The summed E-state index contributed by atoms with van der Waals surface area (Å²) in [6.45, 7) is 9.51. The number of para-hydroxylation sites is 1. The summed E-state index contributed by atoms with van der Waals surface area (Å²) in [6.07, 6.45) is 0. The van der Waals surface area contributed by atoms with Gasteiger partial charge in [0.25, 0.3) is 0 Å². The van der Waals surface area contributed by atoms with Crippen molar-refractivity contribution in [3.63, 3.8) is 0 Å². The predicted molar refractivity (Wildman–Crippen MR) is 74.9 cm³/mol. The van der Waals surface area contributed by atoms with Gasteiger partial charge in [0.2, 0.25) is 0 Å². The highest BCUT2D eigenvalue weighted by Crippen LogP contribution is 2.24. The number of hydrogen-bond donors (Lipinski definition) is 1. The van der Waals surface area contributed by atoms with E-state index in [1.807, 2.05) is 13.1 Å². The Bertz CT molecular complexity index is 390. The second-order valence-electron chi connectivity index (χ2n) is 5.86. The number of fused-ring (bicyclic) bond motifs is 1. The molecule has 18 heavy (non-hydrogen) atoms. The molecule has 0 atom stereocenters. The van der Waals surface area contributed by atoms with E-state index in [9.17, 15) is 0 Å². The van der Waals surface area contributed by atoms with Gasteiger partial charge < -0.3 is 10.1 Å². The van der Waals surface area contributed by atoms with Gasteiger partial charge in [-0.1, -0.05) is 32.0 Å². The molecular formula is C15H24N2O. The highest BCUT2D eigenvalue weighted by Gasteiger charge is 2.23. The van der Waals surface area contributed by atoms with Crippen molar-refractivity contribution < 1.29 is 4.74 Å². The van der Waals surface area contributed by atoms with Crippen LogP contribution in [0.2, 0.25) is 0 Å². The van der Waals surface area contributed by atoms with Gasteiger partial charge in [0.1, 0.15) is 12.4 Å². The zero-order chi connectivity index (χ0) is 13.0. The van der Waals surface area contributed by atoms with Crippen LogP contribution in [0.1, 0.15) is 19.4 Å². The highest BCUT2D eigenvalue weighted by molar-refractivity contribution is 5.33. The first kappa shape index (κ1) is 13.4. The molecule has 1 N–H and O–H groups in total. The first-order valence-electron chi connectivity index (χ1n) is 6.68. The molecule has 0 saturated carbocycles. The van der Waals surface area contributed by atoms with Crippen molar-refractivity contribution >= 4 is 0 Å². The maximum absolute atomic E-state index is 5.80. The fourth-order valence-electron chi connectivity index (χ4n) is 2.65. The molecule has 3 heteroatoms. The second-order valence-corrected chi connectivity index (χ2v) is 5.86. The topological polar surface area (TPSA) is 24.5 Å². The molecule has 1 aliphatic heterocycles. The van der Waals surface area contributed by atoms with Crippen LogP contribution < -0.4 is 10.1 Å². The first-order valence-corrected chi connectivity index (χ1v) is 6.68. The fraction of sp³-hybridized carbons (Fsp3) is 0.600. The Morgan fingerprint density at radius 1 is 1.33 bits per heavy atom. The number of hydrogen-bond acceptors (Lipinski definition) is 3. The van der Waals surface area contributed by atoms with E-state index in [2.05, 4.69) is 42.3 Å². The molecule has 100 valence electrons. The molecule has 0 aliphatic carbocycles. The molecule has 1 aliphatic rings. The Balaban J connectivity index is 2.04. The van der Waals surface area contributed by atoms with Gasteiger partial charge in [-0.05, 0) is 18.5 Å². The van der Waals surface area contributed by atoms with E-state index in [4.69, 9.17) is 4.74 Å². The van der Waals surface area contributed by atoms with E-state index in [0.29, 0.717) is 0 Å². The van der Waals surface area contributed by atoms with Gasteiger partial charge in [0.15, 0.2) is 0 Å². The van der Waals surface area contributed by atoms with E-state index >= 15 is 0 Å². The summed E-state index contributed by atoms with van der Waals surface area (Å²) in [6, 6.07) is 8.36. The third-order valence-electron chi connectivity index (χ3n) is 3.34. The summed E-state index contributed by atoms with van der Waals surface area (Å²) in [7, 11) is 2.02. The minimum absolute atomic E-state index is 0.286. The van der Waals surface area contributed by atoms with Crippen molar-refractivity contribution in [3.05, 3.63) is 29.8 Å². The lowest BCUT2D eigenvalue weighted by Crippen LogP contribution is -2.40. The lowest BCUT2D eigenvalue weighted by atomic mass is 9.92. The molecule has 0 bridgehead atoms. The van der Waals surface area contributed by atoms with E-state index in [1.54, 1.807) is 0 Å². The number of rotatable bonds is 4. The summed E-state index contributed by atoms with van der Waals surface area (Å²) in [4.78, 5) is 2.49. The summed E-state index contributed by atoms with van der Waals surface area (Å²) >= 11 is 0. The van der Waals surface area contributed by atoms with E-state index in [-0.39, 0.29) is 5.41 Å². The van der Waals surface area contributed by atoms with Crippen molar-refractivity contribution in [1.29, 1.82) is 0 Å². The van der Waals surface area contributed by atoms with Gasteiger partial charge in [0, 0.05) is 31.7 Å². The Morgan fingerprint density at radius 2 is 2.11 bits per heavy atom. The fourth-order valence-corrected chi connectivity index (χ4v) is 2.65. The molecule has 0 unspecified atom stereocenters. The average Bonchev–Trinajstić information content (AvgIpc) is 2.49. The maximum Gasteiger partial charge on any atom is 0.123 e. The standard InChI is InChI=1S/C15H24N2O/c1-15(2,11-16-3)12-17-8-9-18-14-7-5-4-6-13(14)10-17/h4-7,16H,8-12H2,1-3H3. The van der Waals surface area contributed by atoms with Crippen LogP contribution in [0.25, 0.3) is 0 Å². The molecule has 1 heterocycles. The first-order chi connectivity index (χ1) is 8.61. The van der Waals surface area contributed by atoms with Crippen LogP contribution in [-0.4, -0.2) is 38.2 Å². The van der Waals surface area contributed by atoms with Gasteiger partial charge in [-0.2, -0.15) is 0 Å². The van der Waals surface area contributed by atoms with Gasteiger partial charge >= 0.3 is 0 Å². The van der Waals surface area contributed by atoms with E-state index < -0.39 is 0 Å². The van der Waals surface area contributed by atoms with Gasteiger partial charge in [-0.25, -0.2) is 0 Å². The van der Waals surface area contributed by atoms with Gasteiger partial charge in [-0.3, -0.25) is 4.90 Å². The average molecular weight is 248 g/mol. The molecule has 0 aromatic heterocycles. The maximum atomic E-state index is 5.80. The van der Waals surface area contributed by atoms with Crippen molar-refractivity contribution in [2.45, 2.75) is 20.4 Å². The van der Waals surface area contributed by atoms with E-state index in [0.717, 1.165) is 38.5 Å². The third-order valence-corrected chi connectivity index (χ3v) is 3.34. The minimum atomic E-state index is 0.286. The smallest absolute Gasteiger partial charge is 0.123 e. The van der Waals surface area contributed by atoms with Gasteiger partial charge in [-0.15, -0.1) is 0 Å². The Morgan fingerprint density at radius 3 is 2.89 bits per heavy atom. The number of nitrogens with one attached hydrogen (secondary N) is 1. The molecule has 2 rings (SSSR count). The highest BCUT2D eigenvalue weighted by atomic mass is 16.5. The quantitative estimate of drug-likeness (QED) is 0.883. The predicted octanol–water partition coefficient (Wildman–Crippen LogP) is 2.13. The molecule has 0 radical (unpaired) electrons. The number of benzene rings is 1. The lowest BCUT2D eigenvalue weighted by Gasteiger charge is -2.31. The summed E-state index contributed by atoms with van der Waals surface area (Å²) in [5, 5.41) is 3.27. The van der Waals surface area contributed by atoms with Crippen LogP contribution in [0.4, 0.5) is 0 Å². The molecular weight excluding hydrogens is 224 g/mol. The second kappa shape index (κ2) is 5.72. The SMILES string of the molecule is CNCC(C)(C)CN1CCOc2ccccc2C1. The monoisotopic (exact) mass is 248 g/mol. The van der Waals surface area contributed by atoms with Gasteiger partial charge in [0.05, 0.1) is 0 Å². The lowest BCUT2D eigenvalue weighted by molar-refractivity contribution is 0.157. The van der Waals surface area contributed by atoms with E-state index in [1.165, 1.54) is 5.56 Å². The largest absolute Gasteiger partial charge is 0.492 e. The molecule has 0 amide bonds. The van der Waals surface area contributed by atoms with Crippen LogP contribution in [0.3, 0.4) is 0 Å². The van der Waals surface area contributed by atoms with Crippen molar-refractivity contribution in [1.82, 2.24) is 10.2 Å².